The van der Waals surface area contributed by atoms with E-state index in [1.165, 1.54) is 12.8 Å². The molecule has 1 saturated carbocycles. The molecule has 1 fully saturated rings. The normalized spacial score (nSPS) is 14.3. The van der Waals surface area contributed by atoms with Crippen molar-refractivity contribution in [3.8, 4) is 5.75 Å². The number of rotatable bonds is 5. The van der Waals surface area contributed by atoms with Gasteiger partial charge in [-0.05, 0) is 49.8 Å². The van der Waals surface area contributed by atoms with E-state index < -0.39 is 0 Å². The second-order valence-electron chi connectivity index (χ2n) is 5.04. The summed E-state index contributed by atoms with van der Waals surface area (Å²) in [6.07, 6.45) is 2.45. The molecule has 0 aliphatic heterocycles. The lowest BCUT2D eigenvalue weighted by atomic mass is 10.1. The second kappa shape index (κ2) is 5.29. The number of anilines is 1. The van der Waals surface area contributed by atoms with Gasteiger partial charge in [-0.2, -0.15) is 0 Å². The Hall–Kier alpha value is -1.71. The Kier molecular flexibility index (Phi) is 3.75. The van der Waals surface area contributed by atoms with E-state index in [0.29, 0.717) is 17.4 Å². The van der Waals surface area contributed by atoms with Crippen LogP contribution in [0.25, 0.3) is 0 Å². The molecule has 0 saturated heterocycles. The standard InChI is InChI=1S/C14H20N2O2/c1-9-5-10(2)14(12(15)6-9)18-8-13(17)16-7-11-3-4-11/h5-6,11H,3-4,7-8,15H2,1-2H3,(H,16,17). The maximum atomic E-state index is 11.6. The smallest absolute Gasteiger partial charge is 0.257 e. The first kappa shape index (κ1) is 12.7. The molecule has 1 aromatic carbocycles. The van der Waals surface area contributed by atoms with Crippen LogP contribution in [-0.4, -0.2) is 19.1 Å². The fourth-order valence-electron chi connectivity index (χ4n) is 1.95. The lowest BCUT2D eigenvalue weighted by Gasteiger charge is -2.12. The molecule has 4 heteroatoms. The summed E-state index contributed by atoms with van der Waals surface area (Å²) in [5.74, 6) is 1.21. The van der Waals surface area contributed by atoms with Gasteiger partial charge in [-0.25, -0.2) is 0 Å². The van der Waals surface area contributed by atoms with Crippen LogP contribution in [0.5, 0.6) is 5.75 Å². The third-order valence-corrected chi connectivity index (χ3v) is 3.08. The van der Waals surface area contributed by atoms with Gasteiger partial charge in [0.25, 0.3) is 5.91 Å². The molecule has 18 heavy (non-hydrogen) atoms. The minimum atomic E-state index is -0.0822. The molecule has 4 nitrogen and oxygen atoms in total. The van der Waals surface area contributed by atoms with E-state index in [4.69, 9.17) is 10.5 Å². The van der Waals surface area contributed by atoms with Gasteiger partial charge in [0.05, 0.1) is 5.69 Å². The average Bonchev–Trinajstić information content (AvgIpc) is 3.08. The van der Waals surface area contributed by atoms with Gasteiger partial charge in [-0.1, -0.05) is 6.07 Å². The van der Waals surface area contributed by atoms with Crippen LogP contribution in [0.2, 0.25) is 0 Å². The van der Waals surface area contributed by atoms with Crippen molar-refractivity contribution in [1.29, 1.82) is 0 Å². The fraction of sp³-hybridized carbons (Fsp3) is 0.500. The van der Waals surface area contributed by atoms with E-state index in [9.17, 15) is 4.79 Å². The summed E-state index contributed by atoms with van der Waals surface area (Å²) in [5.41, 5.74) is 8.52. The number of nitrogens with two attached hydrogens (primary N) is 1. The quantitative estimate of drug-likeness (QED) is 0.781. The summed E-state index contributed by atoms with van der Waals surface area (Å²) in [4.78, 5) is 11.6. The Bertz CT molecular complexity index is 430. The molecule has 0 radical (unpaired) electrons. The summed E-state index contributed by atoms with van der Waals surface area (Å²) in [7, 11) is 0. The first-order chi connectivity index (χ1) is 8.56. The predicted molar refractivity (Wildman–Crippen MR) is 71.6 cm³/mol. The van der Waals surface area contributed by atoms with E-state index in [2.05, 4.69) is 5.32 Å². The zero-order chi connectivity index (χ0) is 13.1. The Morgan fingerprint density at radius 1 is 1.44 bits per heavy atom. The van der Waals surface area contributed by atoms with E-state index in [1.54, 1.807) is 0 Å². The molecule has 1 amide bonds. The number of amides is 1. The van der Waals surface area contributed by atoms with Crippen LogP contribution in [0.15, 0.2) is 12.1 Å². The van der Waals surface area contributed by atoms with Gasteiger partial charge >= 0.3 is 0 Å². The maximum absolute atomic E-state index is 11.6. The lowest BCUT2D eigenvalue weighted by molar-refractivity contribution is -0.123. The van der Waals surface area contributed by atoms with Gasteiger partial charge in [0, 0.05) is 6.54 Å². The average molecular weight is 248 g/mol. The van der Waals surface area contributed by atoms with E-state index >= 15 is 0 Å². The second-order valence-corrected chi connectivity index (χ2v) is 5.04. The van der Waals surface area contributed by atoms with Crippen molar-refractivity contribution >= 4 is 11.6 Å². The van der Waals surface area contributed by atoms with Crippen molar-refractivity contribution in [2.75, 3.05) is 18.9 Å². The van der Waals surface area contributed by atoms with Gasteiger partial charge in [0.15, 0.2) is 6.61 Å². The molecule has 0 aromatic heterocycles. The molecule has 0 bridgehead atoms. The number of nitrogen functional groups attached to an aromatic ring is 1. The summed E-state index contributed by atoms with van der Waals surface area (Å²) in [6.45, 7) is 4.71. The molecule has 0 unspecified atom stereocenters. The zero-order valence-corrected chi connectivity index (χ0v) is 11.0. The van der Waals surface area contributed by atoms with Gasteiger partial charge in [0.1, 0.15) is 5.75 Å². The van der Waals surface area contributed by atoms with Crippen LogP contribution in [0.1, 0.15) is 24.0 Å². The maximum Gasteiger partial charge on any atom is 0.257 e. The highest BCUT2D eigenvalue weighted by Gasteiger charge is 2.21. The van der Waals surface area contributed by atoms with Gasteiger partial charge < -0.3 is 15.8 Å². The van der Waals surface area contributed by atoms with Gasteiger partial charge in [0.2, 0.25) is 0 Å². The molecule has 1 aliphatic carbocycles. The van der Waals surface area contributed by atoms with Crippen molar-refractivity contribution in [3.05, 3.63) is 23.3 Å². The molecule has 1 aromatic rings. The van der Waals surface area contributed by atoms with Gasteiger partial charge in [-0.15, -0.1) is 0 Å². The molecule has 0 spiro atoms. The largest absolute Gasteiger partial charge is 0.481 e. The van der Waals surface area contributed by atoms with Crippen molar-refractivity contribution in [3.63, 3.8) is 0 Å². The first-order valence-corrected chi connectivity index (χ1v) is 6.32. The van der Waals surface area contributed by atoms with Crippen molar-refractivity contribution < 1.29 is 9.53 Å². The molecular weight excluding hydrogens is 228 g/mol. The number of hydrogen-bond donors (Lipinski definition) is 2. The van der Waals surface area contributed by atoms with Crippen LogP contribution in [0, 0.1) is 19.8 Å². The van der Waals surface area contributed by atoms with E-state index in [0.717, 1.165) is 17.7 Å². The number of benzene rings is 1. The fourth-order valence-corrected chi connectivity index (χ4v) is 1.95. The third kappa shape index (κ3) is 3.39. The first-order valence-electron chi connectivity index (χ1n) is 6.32. The summed E-state index contributed by atoms with van der Waals surface area (Å²) in [6, 6.07) is 3.85. The van der Waals surface area contributed by atoms with Crippen LogP contribution >= 0.6 is 0 Å². The Morgan fingerprint density at radius 2 is 2.17 bits per heavy atom. The molecule has 0 atom stereocenters. The SMILES string of the molecule is Cc1cc(C)c(OCC(=O)NCC2CC2)c(N)c1. The molecule has 2 rings (SSSR count). The topological polar surface area (TPSA) is 64.3 Å². The van der Waals surface area contributed by atoms with Crippen molar-refractivity contribution in [2.45, 2.75) is 26.7 Å². The number of carbonyl (C=O) groups excluding carboxylic acids is 1. The predicted octanol–water partition coefficient (Wildman–Crippen LogP) is 1.79. The number of ether oxygens (including phenoxy) is 1. The Morgan fingerprint density at radius 3 is 2.78 bits per heavy atom. The van der Waals surface area contributed by atoms with Crippen molar-refractivity contribution in [1.82, 2.24) is 5.32 Å². The highest BCUT2D eigenvalue weighted by Crippen LogP contribution is 2.28. The molecule has 0 heterocycles. The summed E-state index contributed by atoms with van der Waals surface area (Å²) < 4.78 is 5.50. The number of hydrogen-bond acceptors (Lipinski definition) is 3. The number of aryl methyl sites for hydroxylation is 2. The summed E-state index contributed by atoms with van der Waals surface area (Å²) >= 11 is 0. The lowest BCUT2D eigenvalue weighted by Crippen LogP contribution is -2.30. The van der Waals surface area contributed by atoms with E-state index in [1.807, 2.05) is 26.0 Å². The highest BCUT2D eigenvalue weighted by molar-refractivity contribution is 5.77. The molecule has 1 aliphatic rings. The summed E-state index contributed by atoms with van der Waals surface area (Å²) in [5, 5.41) is 2.86. The monoisotopic (exact) mass is 248 g/mol. The number of nitrogens with one attached hydrogen (secondary N) is 1. The van der Waals surface area contributed by atoms with E-state index in [-0.39, 0.29) is 12.5 Å². The zero-order valence-electron chi connectivity index (χ0n) is 11.0. The Labute approximate surface area is 108 Å². The van der Waals surface area contributed by atoms with Crippen LogP contribution in [0.3, 0.4) is 0 Å². The van der Waals surface area contributed by atoms with Gasteiger partial charge in [-0.3, -0.25) is 4.79 Å². The Balaban J connectivity index is 1.86. The van der Waals surface area contributed by atoms with Crippen LogP contribution in [-0.2, 0) is 4.79 Å². The molecular formula is C14H20N2O2. The minimum Gasteiger partial charge on any atom is -0.481 e. The third-order valence-electron chi connectivity index (χ3n) is 3.08. The minimum absolute atomic E-state index is 0.0286. The molecule has 3 N–H and O–H groups in total. The van der Waals surface area contributed by atoms with Crippen LogP contribution in [0.4, 0.5) is 5.69 Å². The highest BCUT2D eigenvalue weighted by atomic mass is 16.5. The number of carbonyl (C=O) groups is 1. The van der Waals surface area contributed by atoms with Crippen LogP contribution < -0.4 is 15.8 Å². The molecule has 98 valence electrons. The van der Waals surface area contributed by atoms with Crippen molar-refractivity contribution in [2.24, 2.45) is 5.92 Å².